The maximum absolute atomic E-state index is 12.8. The lowest BCUT2D eigenvalue weighted by atomic mass is 9.98. The number of nitrogens with one attached hydrogen (secondary N) is 1. The molecule has 24 heavy (non-hydrogen) atoms. The third kappa shape index (κ3) is 5.37. The molecule has 0 fully saturated rings. The van der Waals surface area contributed by atoms with Gasteiger partial charge in [0.2, 0.25) is 0 Å². The van der Waals surface area contributed by atoms with E-state index in [4.69, 9.17) is 4.74 Å². The summed E-state index contributed by atoms with van der Waals surface area (Å²) in [4.78, 5) is 11.8. The first kappa shape index (κ1) is 18.0. The predicted molar refractivity (Wildman–Crippen MR) is 93.9 cm³/mol. The Labute approximate surface area is 142 Å². The molecular formula is C20H24FNO2. The Bertz CT molecular complexity index is 681. The third-order valence-electron chi connectivity index (χ3n) is 3.88. The fourth-order valence-corrected chi connectivity index (χ4v) is 2.58. The number of ether oxygens (including phenoxy) is 1. The van der Waals surface area contributed by atoms with Crippen LogP contribution in [0, 0.1) is 12.7 Å². The summed E-state index contributed by atoms with van der Waals surface area (Å²) in [6, 6.07) is 12.2. The number of hydrogen-bond acceptors (Lipinski definition) is 2. The first-order valence-electron chi connectivity index (χ1n) is 8.20. The van der Waals surface area contributed by atoms with E-state index in [9.17, 15) is 9.18 Å². The first-order valence-corrected chi connectivity index (χ1v) is 8.20. The van der Waals surface area contributed by atoms with Gasteiger partial charge in [0.15, 0.2) is 6.61 Å². The monoisotopic (exact) mass is 329 g/mol. The maximum atomic E-state index is 12.8. The molecule has 0 aliphatic rings. The van der Waals surface area contributed by atoms with E-state index in [1.807, 2.05) is 25.1 Å². The second-order valence-electron chi connectivity index (χ2n) is 6.19. The zero-order chi connectivity index (χ0) is 17.5. The van der Waals surface area contributed by atoms with Crippen LogP contribution in [-0.4, -0.2) is 19.1 Å². The van der Waals surface area contributed by atoms with Crippen molar-refractivity contribution in [2.45, 2.75) is 33.1 Å². The second-order valence-corrected chi connectivity index (χ2v) is 6.19. The van der Waals surface area contributed by atoms with E-state index < -0.39 is 0 Å². The Morgan fingerprint density at radius 2 is 1.88 bits per heavy atom. The minimum absolute atomic E-state index is 0.0100. The number of carbonyl (C=O) groups is 1. The highest BCUT2D eigenvalue weighted by molar-refractivity contribution is 5.77. The summed E-state index contributed by atoms with van der Waals surface area (Å²) in [6.45, 7) is 6.84. The Morgan fingerprint density at radius 3 is 2.50 bits per heavy atom. The van der Waals surface area contributed by atoms with Crippen LogP contribution < -0.4 is 10.1 Å². The van der Waals surface area contributed by atoms with Gasteiger partial charge < -0.3 is 10.1 Å². The average Bonchev–Trinajstić information content (AvgIpc) is 2.54. The van der Waals surface area contributed by atoms with E-state index in [2.05, 4.69) is 19.2 Å². The van der Waals surface area contributed by atoms with Crippen LogP contribution in [0.5, 0.6) is 5.75 Å². The van der Waals surface area contributed by atoms with Crippen LogP contribution in [0.3, 0.4) is 0 Å². The van der Waals surface area contributed by atoms with E-state index in [-0.39, 0.29) is 18.3 Å². The Hall–Kier alpha value is -2.36. The molecule has 2 aromatic carbocycles. The molecule has 2 aromatic rings. The highest BCUT2D eigenvalue weighted by atomic mass is 19.1. The van der Waals surface area contributed by atoms with Gasteiger partial charge >= 0.3 is 0 Å². The summed E-state index contributed by atoms with van der Waals surface area (Å²) in [5.74, 6) is 0.747. The molecule has 0 aliphatic carbocycles. The molecule has 4 heteroatoms. The van der Waals surface area contributed by atoms with Gasteiger partial charge in [0.1, 0.15) is 11.6 Å². The minimum atomic E-state index is -0.255. The highest BCUT2D eigenvalue weighted by Crippen LogP contribution is 2.23. The van der Waals surface area contributed by atoms with Gasteiger partial charge in [0.05, 0.1) is 0 Å². The molecule has 0 aliphatic heterocycles. The molecule has 0 aromatic heterocycles. The standard InChI is InChI=1S/C20H24FNO2/c1-14(2)19-9-8-18(12-15(19)3)24-13-20(23)22-11-10-16-4-6-17(21)7-5-16/h4-9,12,14H,10-11,13H2,1-3H3,(H,22,23). The largest absolute Gasteiger partial charge is 0.484 e. The van der Waals surface area contributed by atoms with Gasteiger partial charge in [-0.15, -0.1) is 0 Å². The van der Waals surface area contributed by atoms with E-state index in [0.29, 0.717) is 24.6 Å². The van der Waals surface area contributed by atoms with E-state index in [1.54, 1.807) is 12.1 Å². The molecule has 0 radical (unpaired) electrons. The van der Waals surface area contributed by atoms with Crippen LogP contribution >= 0.6 is 0 Å². The summed E-state index contributed by atoms with van der Waals surface area (Å²) >= 11 is 0. The Kier molecular flexibility index (Phi) is 6.36. The van der Waals surface area contributed by atoms with E-state index in [0.717, 1.165) is 5.56 Å². The number of rotatable bonds is 7. The molecule has 0 bridgehead atoms. The molecule has 0 saturated carbocycles. The van der Waals surface area contributed by atoms with E-state index >= 15 is 0 Å². The topological polar surface area (TPSA) is 38.3 Å². The van der Waals surface area contributed by atoms with Gasteiger partial charge in [0.25, 0.3) is 5.91 Å². The SMILES string of the molecule is Cc1cc(OCC(=O)NCCc2ccc(F)cc2)ccc1C(C)C. The quantitative estimate of drug-likeness (QED) is 0.834. The number of aryl methyl sites for hydroxylation is 1. The van der Waals surface area contributed by atoms with Gasteiger partial charge in [-0.3, -0.25) is 4.79 Å². The third-order valence-corrected chi connectivity index (χ3v) is 3.88. The lowest BCUT2D eigenvalue weighted by Gasteiger charge is -2.12. The number of halogens is 1. The summed E-state index contributed by atoms with van der Waals surface area (Å²) in [6.07, 6.45) is 0.661. The Balaban J connectivity index is 1.75. The summed E-state index contributed by atoms with van der Waals surface area (Å²) < 4.78 is 18.4. The van der Waals surface area contributed by atoms with Crippen molar-refractivity contribution in [3.8, 4) is 5.75 Å². The van der Waals surface area contributed by atoms with Crippen LogP contribution in [-0.2, 0) is 11.2 Å². The van der Waals surface area contributed by atoms with Gasteiger partial charge in [-0.1, -0.05) is 32.0 Å². The minimum Gasteiger partial charge on any atom is -0.484 e. The van der Waals surface area contributed by atoms with Crippen molar-refractivity contribution in [2.24, 2.45) is 0 Å². The summed E-state index contributed by atoms with van der Waals surface area (Å²) in [5.41, 5.74) is 3.43. The molecule has 0 atom stereocenters. The van der Waals surface area contributed by atoms with Crippen molar-refractivity contribution in [1.82, 2.24) is 5.32 Å². The molecule has 2 rings (SSSR count). The molecule has 0 saturated heterocycles. The zero-order valence-electron chi connectivity index (χ0n) is 14.4. The molecule has 0 unspecified atom stereocenters. The predicted octanol–water partition coefficient (Wildman–Crippen LogP) is 4.00. The molecule has 3 nitrogen and oxygen atoms in total. The van der Waals surface area contributed by atoms with Crippen LogP contribution in [0.2, 0.25) is 0 Å². The van der Waals surface area contributed by atoms with Crippen molar-refractivity contribution >= 4 is 5.91 Å². The molecule has 128 valence electrons. The number of hydrogen-bond donors (Lipinski definition) is 1. The van der Waals surface area contributed by atoms with Crippen molar-refractivity contribution in [1.29, 1.82) is 0 Å². The number of amides is 1. The van der Waals surface area contributed by atoms with Crippen LogP contribution in [0.1, 0.15) is 36.5 Å². The number of benzene rings is 2. The fraction of sp³-hybridized carbons (Fsp3) is 0.350. The Morgan fingerprint density at radius 1 is 1.17 bits per heavy atom. The lowest BCUT2D eigenvalue weighted by Crippen LogP contribution is -2.30. The van der Waals surface area contributed by atoms with Crippen LogP contribution in [0.4, 0.5) is 4.39 Å². The maximum Gasteiger partial charge on any atom is 0.257 e. The van der Waals surface area contributed by atoms with Gasteiger partial charge in [-0.2, -0.15) is 0 Å². The lowest BCUT2D eigenvalue weighted by molar-refractivity contribution is -0.123. The van der Waals surface area contributed by atoms with Crippen molar-refractivity contribution in [2.75, 3.05) is 13.2 Å². The first-order chi connectivity index (χ1) is 11.5. The highest BCUT2D eigenvalue weighted by Gasteiger charge is 2.07. The van der Waals surface area contributed by atoms with Crippen LogP contribution in [0.15, 0.2) is 42.5 Å². The van der Waals surface area contributed by atoms with Crippen molar-refractivity contribution in [3.63, 3.8) is 0 Å². The molecule has 1 N–H and O–H groups in total. The van der Waals surface area contributed by atoms with E-state index in [1.165, 1.54) is 23.3 Å². The fourth-order valence-electron chi connectivity index (χ4n) is 2.58. The van der Waals surface area contributed by atoms with Crippen LogP contribution in [0.25, 0.3) is 0 Å². The smallest absolute Gasteiger partial charge is 0.257 e. The molecule has 1 amide bonds. The zero-order valence-corrected chi connectivity index (χ0v) is 14.4. The van der Waals surface area contributed by atoms with Gasteiger partial charge in [0, 0.05) is 6.54 Å². The second kappa shape index (κ2) is 8.48. The summed E-state index contributed by atoms with van der Waals surface area (Å²) in [5, 5.41) is 2.80. The van der Waals surface area contributed by atoms with Gasteiger partial charge in [-0.05, 0) is 60.2 Å². The molecule has 0 heterocycles. The van der Waals surface area contributed by atoms with Crippen molar-refractivity contribution in [3.05, 3.63) is 65.0 Å². The van der Waals surface area contributed by atoms with Gasteiger partial charge in [-0.25, -0.2) is 4.39 Å². The number of carbonyl (C=O) groups excluding carboxylic acids is 1. The summed E-state index contributed by atoms with van der Waals surface area (Å²) in [7, 11) is 0. The van der Waals surface area contributed by atoms with Crippen molar-refractivity contribution < 1.29 is 13.9 Å². The molecule has 0 spiro atoms. The normalized spacial score (nSPS) is 10.7. The molecular weight excluding hydrogens is 305 g/mol. The average molecular weight is 329 g/mol.